The van der Waals surface area contributed by atoms with E-state index in [0.717, 1.165) is 22.6 Å². The summed E-state index contributed by atoms with van der Waals surface area (Å²) >= 11 is 0. The van der Waals surface area contributed by atoms with Gasteiger partial charge in [0.1, 0.15) is 0 Å². The lowest BCUT2D eigenvalue weighted by Crippen LogP contribution is -2.34. The first-order chi connectivity index (χ1) is 14.0. The average molecular weight is 426 g/mol. The van der Waals surface area contributed by atoms with Gasteiger partial charge in [-0.05, 0) is 48.7 Å². The van der Waals surface area contributed by atoms with Crippen molar-refractivity contribution in [2.45, 2.75) is 43.5 Å². The van der Waals surface area contributed by atoms with Crippen molar-refractivity contribution in [3.63, 3.8) is 0 Å². The lowest BCUT2D eigenvalue weighted by Gasteiger charge is -2.26. The van der Waals surface area contributed by atoms with Gasteiger partial charge in [-0.1, -0.05) is 32.0 Å². The molecular weight excluding hydrogens is 398 g/mol. The molecule has 7 heteroatoms. The zero-order chi connectivity index (χ0) is 21.8. The number of hydrogen-bond donors (Lipinski definition) is 1. The molecule has 4 rings (SSSR count). The number of nitrogens with two attached hydrogens (primary N) is 1. The van der Waals surface area contributed by atoms with E-state index in [4.69, 9.17) is 5.14 Å². The third-order valence-electron chi connectivity index (χ3n) is 6.30. The number of nitrogens with zero attached hydrogens (tertiary/aromatic N) is 2. The van der Waals surface area contributed by atoms with Gasteiger partial charge in [0.15, 0.2) is 5.78 Å². The zero-order valence-corrected chi connectivity index (χ0v) is 18.5. The van der Waals surface area contributed by atoms with E-state index < -0.39 is 10.0 Å². The summed E-state index contributed by atoms with van der Waals surface area (Å²) in [6, 6.07) is 13.2. The molecule has 1 unspecified atom stereocenters. The Labute approximate surface area is 178 Å². The predicted octanol–water partition coefficient (Wildman–Crippen LogP) is 2.97. The maximum Gasteiger partial charge on any atom is 0.238 e. The number of likely N-dealkylation sites (N-methyl/N-ethyl adjacent to an activating group) is 1. The van der Waals surface area contributed by atoms with Gasteiger partial charge in [-0.2, -0.15) is 0 Å². The van der Waals surface area contributed by atoms with Crippen molar-refractivity contribution in [1.82, 2.24) is 0 Å². The van der Waals surface area contributed by atoms with Crippen molar-refractivity contribution >= 4 is 27.2 Å². The molecule has 1 atom stereocenters. The summed E-state index contributed by atoms with van der Waals surface area (Å²) in [7, 11) is -1.75. The van der Waals surface area contributed by atoms with E-state index in [1.54, 1.807) is 18.2 Å². The van der Waals surface area contributed by atoms with Crippen molar-refractivity contribution in [2.24, 2.45) is 5.14 Å². The van der Waals surface area contributed by atoms with Gasteiger partial charge >= 0.3 is 0 Å². The molecule has 2 aliphatic heterocycles. The number of hydrogen-bond acceptors (Lipinski definition) is 5. The highest BCUT2D eigenvalue weighted by atomic mass is 32.2. The third kappa shape index (κ3) is 3.32. The van der Waals surface area contributed by atoms with Crippen LogP contribution in [0, 0.1) is 0 Å². The normalized spacial score (nSPS) is 21.1. The van der Waals surface area contributed by atoms with Gasteiger partial charge in [-0.15, -0.1) is 0 Å². The molecule has 158 valence electrons. The van der Waals surface area contributed by atoms with E-state index in [1.165, 1.54) is 11.6 Å². The number of fused-ring (bicyclic) bond motifs is 2. The Balaban J connectivity index is 1.60. The first-order valence-electron chi connectivity index (χ1n) is 10.0. The molecule has 2 heterocycles. The van der Waals surface area contributed by atoms with Gasteiger partial charge in [-0.3, -0.25) is 4.79 Å². The predicted molar refractivity (Wildman–Crippen MR) is 119 cm³/mol. The maximum absolute atomic E-state index is 13.1. The third-order valence-corrected chi connectivity index (χ3v) is 7.21. The lowest BCUT2D eigenvalue weighted by atomic mass is 9.83. The smallest absolute Gasteiger partial charge is 0.238 e. The fourth-order valence-electron chi connectivity index (χ4n) is 4.71. The monoisotopic (exact) mass is 425 g/mol. The van der Waals surface area contributed by atoms with Crippen LogP contribution in [-0.2, 0) is 26.7 Å². The number of primary sulfonamides is 1. The van der Waals surface area contributed by atoms with Crippen LogP contribution < -0.4 is 14.9 Å². The number of rotatable bonds is 4. The second-order valence-electron chi connectivity index (χ2n) is 8.71. The summed E-state index contributed by atoms with van der Waals surface area (Å²) < 4.78 is 23.3. The molecule has 0 saturated carbocycles. The van der Waals surface area contributed by atoms with Crippen LogP contribution in [-0.4, -0.2) is 33.8 Å². The van der Waals surface area contributed by atoms with Crippen LogP contribution in [0.5, 0.6) is 0 Å². The Bertz CT molecular complexity index is 1170. The fraction of sp³-hybridized carbons (Fsp3) is 0.348. The Morgan fingerprint density at radius 3 is 2.57 bits per heavy atom. The van der Waals surface area contributed by atoms with Crippen molar-refractivity contribution in [2.75, 3.05) is 23.4 Å². The standard InChI is InChI=1S/C23H27N3O3S/c1-15-11-16-12-18(30(24,28)29)9-10-20(16)26(15)14-17(27)13-22-23(2,3)19-7-5-6-8-21(19)25(22)4/h5-10,12-13,15H,11,14H2,1-4H3,(H2,24,28,29). The van der Waals surface area contributed by atoms with E-state index in [2.05, 4.69) is 30.9 Å². The van der Waals surface area contributed by atoms with E-state index in [0.29, 0.717) is 6.42 Å². The van der Waals surface area contributed by atoms with Crippen molar-refractivity contribution < 1.29 is 13.2 Å². The van der Waals surface area contributed by atoms with E-state index in [-0.39, 0.29) is 28.7 Å². The molecule has 0 radical (unpaired) electrons. The minimum absolute atomic E-state index is 0.0213. The van der Waals surface area contributed by atoms with E-state index >= 15 is 0 Å². The van der Waals surface area contributed by atoms with E-state index in [1.807, 2.05) is 31.0 Å². The van der Waals surface area contributed by atoms with Gasteiger partial charge in [0.05, 0.1) is 11.4 Å². The summed E-state index contributed by atoms with van der Waals surface area (Å²) in [5.41, 5.74) is 4.85. The fourth-order valence-corrected chi connectivity index (χ4v) is 5.28. The summed E-state index contributed by atoms with van der Waals surface area (Å²) in [6.07, 6.45) is 2.43. The molecule has 0 saturated heterocycles. The van der Waals surface area contributed by atoms with Crippen LogP contribution in [0.1, 0.15) is 31.9 Å². The molecule has 2 aromatic carbocycles. The van der Waals surface area contributed by atoms with Gasteiger partial charge in [-0.25, -0.2) is 13.6 Å². The summed E-state index contributed by atoms with van der Waals surface area (Å²) in [5.74, 6) is 0.0213. The number of benzene rings is 2. The van der Waals surface area contributed by atoms with Gasteiger partial charge in [0.2, 0.25) is 10.0 Å². The minimum Gasteiger partial charge on any atom is -0.361 e. The molecule has 0 aliphatic carbocycles. The average Bonchev–Trinajstić information content (AvgIpc) is 3.08. The van der Waals surface area contributed by atoms with E-state index in [9.17, 15) is 13.2 Å². The highest BCUT2D eigenvalue weighted by Crippen LogP contribution is 2.46. The SMILES string of the molecule is CC1Cc2cc(S(N)(=O)=O)ccc2N1CC(=O)C=C1N(C)c2ccccc2C1(C)C. The quantitative estimate of drug-likeness (QED) is 0.762. The summed E-state index contributed by atoms with van der Waals surface area (Å²) in [4.78, 5) is 17.3. The molecular formula is C23H27N3O3S. The number of sulfonamides is 1. The number of ketones is 1. The van der Waals surface area contributed by atoms with Crippen LogP contribution in [0.4, 0.5) is 11.4 Å². The molecule has 2 aromatic rings. The largest absolute Gasteiger partial charge is 0.361 e. The summed E-state index contributed by atoms with van der Waals surface area (Å²) in [5, 5.41) is 5.26. The summed E-state index contributed by atoms with van der Waals surface area (Å²) in [6.45, 7) is 6.55. The number of allylic oxidation sites excluding steroid dienone is 1. The van der Waals surface area contributed by atoms with Crippen LogP contribution in [0.25, 0.3) is 0 Å². The lowest BCUT2D eigenvalue weighted by molar-refractivity contribution is -0.113. The second-order valence-corrected chi connectivity index (χ2v) is 10.3. The molecule has 0 bridgehead atoms. The molecule has 6 nitrogen and oxygen atoms in total. The maximum atomic E-state index is 13.1. The topological polar surface area (TPSA) is 83.7 Å². The number of anilines is 2. The van der Waals surface area contributed by atoms with Crippen molar-refractivity contribution in [3.05, 3.63) is 65.4 Å². The van der Waals surface area contributed by atoms with Gasteiger partial charge < -0.3 is 9.80 Å². The Hall–Kier alpha value is -2.64. The molecule has 0 amide bonds. The first kappa shape index (κ1) is 20.6. The molecule has 0 aromatic heterocycles. The van der Waals surface area contributed by atoms with Crippen LogP contribution in [0.2, 0.25) is 0 Å². The molecule has 0 fully saturated rings. The molecule has 2 aliphatic rings. The molecule has 0 spiro atoms. The number of carbonyl (C=O) groups excluding carboxylic acids is 1. The van der Waals surface area contributed by atoms with Gasteiger partial charge in [0.25, 0.3) is 0 Å². The Morgan fingerprint density at radius 1 is 1.20 bits per heavy atom. The van der Waals surface area contributed by atoms with Crippen LogP contribution in [0.3, 0.4) is 0 Å². The minimum atomic E-state index is -3.74. The van der Waals surface area contributed by atoms with Gasteiger partial charge in [0, 0.05) is 41.7 Å². The van der Waals surface area contributed by atoms with Crippen LogP contribution in [0.15, 0.2) is 59.1 Å². The highest BCUT2D eigenvalue weighted by Gasteiger charge is 2.39. The van der Waals surface area contributed by atoms with Crippen molar-refractivity contribution in [3.8, 4) is 0 Å². The first-order valence-corrected chi connectivity index (χ1v) is 11.6. The van der Waals surface area contributed by atoms with Crippen molar-refractivity contribution in [1.29, 1.82) is 0 Å². The van der Waals surface area contributed by atoms with Crippen LogP contribution >= 0.6 is 0 Å². The second kappa shape index (κ2) is 6.96. The molecule has 2 N–H and O–H groups in total. The highest BCUT2D eigenvalue weighted by molar-refractivity contribution is 7.89. The zero-order valence-electron chi connectivity index (χ0n) is 17.7. The Kier molecular flexibility index (Phi) is 4.78. The Morgan fingerprint density at radius 2 is 1.90 bits per heavy atom. The molecule has 30 heavy (non-hydrogen) atoms. The number of carbonyl (C=O) groups is 1. The number of para-hydroxylation sites is 1.